The molecule has 3 heteroatoms. The molecule has 0 spiro atoms. The fourth-order valence-corrected chi connectivity index (χ4v) is 1.40. The summed E-state index contributed by atoms with van der Waals surface area (Å²) in [5, 5.41) is 0.468. The lowest BCUT2D eigenvalue weighted by atomic mass is 10.1. The van der Waals surface area contributed by atoms with Gasteiger partial charge < -0.3 is 0 Å². The lowest BCUT2D eigenvalue weighted by Crippen LogP contribution is -2.18. The largest absolute Gasteiger partial charge is 0.255 e. The van der Waals surface area contributed by atoms with Crippen LogP contribution in [-0.4, -0.2) is 5.92 Å². The third kappa shape index (κ3) is 3.46. The van der Waals surface area contributed by atoms with Crippen LogP contribution in [0.25, 0.3) is 0 Å². The van der Waals surface area contributed by atoms with Gasteiger partial charge in [0.2, 0.25) is 0 Å². The molecule has 1 rings (SSSR count). The van der Waals surface area contributed by atoms with Crippen LogP contribution in [0.5, 0.6) is 0 Å². The van der Waals surface area contributed by atoms with Crippen molar-refractivity contribution in [2.75, 3.05) is 0 Å². The molecule has 0 atom stereocenters. The summed E-state index contributed by atoms with van der Waals surface area (Å²) in [5.74, 6) is -2.79. The monoisotopic (exact) mass is 215 g/mol. The molecule has 0 aromatic heterocycles. The van der Waals surface area contributed by atoms with Gasteiger partial charge in [0.25, 0.3) is 5.92 Å². The zero-order valence-electron chi connectivity index (χ0n) is 7.51. The van der Waals surface area contributed by atoms with E-state index < -0.39 is 12.3 Å². The van der Waals surface area contributed by atoms with Gasteiger partial charge in [-0.3, -0.25) is 0 Å². The number of halogens is 3. The number of hydrogen-bond acceptors (Lipinski definition) is 0. The Bertz CT molecular complexity index is 321. The summed E-state index contributed by atoms with van der Waals surface area (Å²) in [6, 6.07) is 6.46. The van der Waals surface area contributed by atoms with Gasteiger partial charge in [-0.05, 0) is 17.7 Å². The molecule has 1 radical (unpaired) electrons. The molecule has 1 aromatic carbocycles. The van der Waals surface area contributed by atoms with E-state index in [1.54, 1.807) is 18.2 Å². The first-order valence-electron chi connectivity index (χ1n) is 4.19. The molecule has 0 aliphatic heterocycles. The molecule has 0 fully saturated rings. The maximum absolute atomic E-state index is 13.1. The van der Waals surface area contributed by atoms with Crippen LogP contribution in [0.2, 0.25) is 5.02 Å². The molecule has 0 heterocycles. The number of allylic oxidation sites excluding steroid dienone is 1. The molecule has 0 unspecified atom stereocenters. The van der Waals surface area contributed by atoms with Crippen LogP contribution in [0.1, 0.15) is 12.0 Å². The molecule has 0 bridgehead atoms. The van der Waals surface area contributed by atoms with E-state index in [4.69, 9.17) is 18.2 Å². The Hall–Kier alpha value is -0.890. The fraction of sp³-hybridized carbons (Fsp3) is 0.273. The average Bonchev–Trinajstić information content (AvgIpc) is 2.02. The number of rotatable bonds is 4. The second kappa shape index (κ2) is 4.56. The first kappa shape index (κ1) is 11.2. The SMILES string of the molecule is [CH]=CCC(F)(F)Cc1cccc(Cl)c1. The van der Waals surface area contributed by atoms with Crippen molar-refractivity contribution in [1.82, 2.24) is 0 Å². The lowest BCUT2D eigenvalue weighted by molar-refractivity contribution is 0.00493. The smallest absolute Gasteiger partial charge is 0.206 e. The van der Waals surface area contributed by atoms with Crippen molar-refractivity contribution >= 4 is 11.6 Å². The highest BCUT2D eigenvalue weighted by Crippen LogP contribution is 2.25. The van der Waals surface area contributed by atoms with Gasteiger partial charge in [0, 0.05) is 17.9 Å². The van der Waals surface area contributed by atoms with Gasteiger partial charge in [0.05, 0.1) is 0 Å². The van der Waals surface area contributed by atoms with Crippen molar-refractivity contribution < 1.29 is 8.78 Å². The molecule has 0 amide bonds. The second-order valence-electron chi connectivity index (χ2n) is 3.10. The zero-order chi connectivity index (χ0) is 10.6. The van der Waals surface area contributed by atoms with Crippen LogP contribution >= 0.6 is 11.6 Å². The Morgan fingerprint density at radius 2 is 2.14 bits per heavy atom. The molecule has 0 saturated carbocycles. The molecule has 0 aliphatic rings. The van der Waals surface area contributed by atoms with Gasteiger partial charge in [-0.15, -0.1) is 0 Å². The van der Waals surface area contributed by atoms with E-state index >= 15 is 0 Å². The minimum absolute atomic E-state index is 0.332. The van der Waals surface area contributed by atoms with Gasteiger partial charge in [-0.1, -0.05) is 36.4 Å². The summed E-state index contributed by atoms with van der Waals surface area (Å²) < 4.78 is 26.2. The van der Waals surface area contributed by atoms with Crippen LogP contribution in [0.3, 0.4) is 0 Å². The van der Waals surface area contributed by atoms with Gasteiger partial charge in [-0.25, -0.2) is 8.78 Å². The van der Waals surface area contributed by atoms with Crippen molar-refractivity contribution in [2.45, 2.75) is 18.8 Å². The second-order valence-corrected chi connectivity index (χ2v) is 3.54. The molecule has 1 aromatic rings. The third-order valence-corrected chi connectivity index (χ3v) is 2.00. The van der Waals surface area contributed by atoms with Crippen LogP contribution < -0.4 is 0 Å². The number of hydrogen-bond donors (Lipinski definition) is 0. The van der Waals surface area contributed by atoms with Crippen LogP contribution in [0.15, 0.2) is 30.3 Å². The van der Waals surface area contributed by atoms with E-state index in [1.807, 2.05) is 0 Å². The highest BCUT2D eigenvalue weighted by Gasteiger charge is 2.27. The van der Waals surface area contributed by atoms with Crippen molar-refractivity contribution in [3.8, 4) is 0 Å². The third-order valence-electron chi connectivity index (χ3n) is 1.77. The number of alkyl halides is 2. The Morgan fingerprint density at radius 1 is 1.43 bits per heavy atom. The van der Waals surface area contributed by atoms with Crippen molar-refractivity contribution in [3.05, 3.63) is 47.5 Å². The lowest BCUT2D eigenvalue weighted by Gasteiger charge is -2.13. The van der Waals surface area contributed by atoms with E-state index in [-0.39, 0.29) is 6.42 Å². The molecular weight excluding hydrogens is 206 g/mol. The van der Waals surface area contributed by atoms with Gasteiger partial charge in [0.15, 0.2) is 0 Å². The maximum atomic E-state index is 13.1. The Kier molecular flexibility index (Phi) is 3.64. The molecule has 0 N–H and O–H groups in total. The Balaban J connectivity index is 2.72. The Labute approximate surface area is 87.2 Å². The topological polar surface area (TPSA) is 0 Å². The molecule has 0 aliphatic carbocycles. The highest BCUT2D eigenvalue weighted by atomic mass is 35.5. The summed E-state index contributed by atoms with van der Waals surface area (Å²) in [6.45, 7) is 4.97. The highest BCUT2D eigenvalue weighted by molar-refractivity contribution is 6.30. The molecule has 14 heavy (non-hydrogen) atoms. The summed E-state index contributed by atoms with van der Waals surface area (Å²) in [5.41, 5.74) is 0.518. The van der Waals surface area contributed by atoms with Crippen LogP contribution in [-0.2, 0) is 6.42 Å². The van der Waals surface area contributed by atoms with E-state index in [0.29, 0.717) is 10.6 Å². The zero-order valence-corrected chi connectivity index (χ0v) is 8.27. The van der Waals surface area contributed by atoms with Gasteiger partial charge in [-0.2, -0.15) is 0 Å². The maximum Gasteiger partial charge on any atom is 0.255 e. The van der Waals surface area contributed by atoms with Crippen LogP contribution in [0, 0.1) is 6.58 Å². The summed E-state index contributed by atoms with van der Waals surface area (Å²) in [6.07, 6.45) is 0.228. The van der Waals surface area contributed by atoms with E-state index in [9.17, 15) is 8.78 Å². The fourth-order valence-electron chi connectivity index (χ4n) is 1.19. The average molecular weight is 216 g/mol. The first-order chi connectivity index (χ1) is 6.53. The van der Waals surface area contributed by atoms with E-state index in [2.05, 4.69) is 0 Å². The molecule has 0 saturated heterocycles. The quantitative estimate of drug-likeness (QED) is 0.715. The van der Waals surface area contributed by atoms with Gasteiger partial charge >= 0.3 is 0 Å². The van der Waals surface area contributed by atoms with Crippen molar-refractivity contribution in [3.63, 3.8) is 0 Å². The molecule has 0 nitrogen and oxygen atoms in total. The summed E-state index contributed by atoms with van der Waals surface area (Å²) in [4.78, 5) is 0. The Morgan fingerprint density at radius 3 is 2.71 bits per heavy atom. The van der Waals surface area contributed by atoms with E-state index in [1.165, 1.54) is 6.07 Å². The minimum Gasteiger partial charge on any atom is -0.206 e. The standard InChI is InChI=1S/C11H10ClF2/c1-2-6-11(13,14)8-9-4-3-5-10(12)7-9/h1-5,7H,6,8H2. The predicted molar refractivity (Wildman–Crippen MR) is 53.6 cm³/mol. The minimum atomic E-state index is -2.79. The predicted octanol–water partition coefficient (Wildman–Crippen LogP) is 3.90. The van der Waals surface area contributed by atoms with Crippen molar-refractivity contribution in [1.29, 1.82) is 0 Å². The van der Waals surface area contributed by atoms with E-state index in [0.717, 1.165) is 6.08 Å². The van der Waals surface area contributed by atoms with Crippen molar-refractivity contribution in [2.24, 2.45) is 0 Å². The molecular formula is C11H10ClF2. The normalized spacial score (nSPS) is 11.4. The number of benzene rings is 1. The first-order valence-corrected chi connectivity index (χ1v) is 4.57. The molecule has 75 valence electrons. The van der Waals surface area contributed by atoms with Gasteiger partial charge in [0.1, 0.15) is 0 Å². The summed E-state index contributed by atoms with van der Waals surface area (Å²) in [7, 11) is 0. The van der Waals surface area contributed by atoms with Crippen LogP contribution in [0.4, 0.5) is 8.78 Å². The summed E-state index contributed by atoms with van der Waals surface area (Å²) >= 11 is 5.67.